The lowest BCUT2D eigenvalue weighted by Crippen LogP contribution is -1.98. The number of hydrogen-bond donors (Lipinski definition) is 2. The van der Waals surface area contributed by atoms with E-state index in [-0.39, 0.29) is 0 Å². The number of phenolic OH excluding ortho intramolecular Hbond substituents is 1. The molecule has 1 aromatic rings. The number of aryl methyl sites for hydroxylation is 1. The first-order chi connectivity index (χ1) is 6.79. The molecule has 2 heteroatoms. The Kier molecular flexibility index (Phi) is 4.47. The molecule has 0 fully saturated rings. The predicted molar refractivity (Wildman–Crippen MR) is 59.2 cm³/mol. The molecular weight excluding hydrogens is 174 g/mol. The maximum atomic E-state index is 9.81. The van der Waals surface area contributed by atoms with Gasteiger partial charge in [0.15, 0.2) is 0 Å². The third-order valence-corrected chi connectivity index (χ3v) is 2.47. The van der Waals surface area contributed by atoms with Gasteiger partial charge in [0.2, 0.25) is 0 Å². The number of unbranched alkanes of at least 4 members (excludes halogenated alkanes) is 2. The lowest BCUT2D eigenvalue weighted by atomic mass is 10.0. The predicted octanol–water partition coefficient (Wildman–Crippen LogP) is 2.58. The van der Waals surface area contributed by atoms with Crippen molar-refractivity contribution in [1.29, 1.82) is 0 Å². The van der Waals surface area contributed by atoms with Crippen molar-refractivity contribution in [1.82, 2.24) is 0 Å². The fourth-order valence-corrected chi connectivity index (χ4v) is 1.58. The number of rotatable bonds is 5. The molecule has 0 spiro atoms. The summed E-state index contributed by atoms with van der Waals surface area (Å²) in [5.74, 6) is 0.395. The van der Waals surface area contributed by atoms with Gasteiger partial charge in [-0.15, -0.1) is 0 Å². The molecule has 0 radical (unpaired) electrons. The van der Waals surface area contributed by atoms with Crippen LogP contribution in [0.4, 0.5) is 0 Å². The molecule has 0 aromatic heterocycles. The Morgan fingerprint density at radius 2 is 1.93 bits per heavy atom. The van der Waals surface area contributed by atoms with Crippen molar-refractivity contribution < 1.29 is 5.11 Å². The summed E-state index contributed by atoms with van der Waals surface area (Å²) in [4.78, 5) is 0. The van der Waals surface area contributed by atoms with Crippen LogP contribution in [0.5, 0.6) is 5.75 Å². The summed E-state index contributed by atoms with van der Waals surface area (Å²) in [7, 11) is 0. The lowest BCUT2D eigenvalue weighted by molar-refractivity contribution is 0.459. The van der Waals surface area contributed by atoms with Crippen LogP contribution in [0.25, 0.3) is 0 Å². The zero-order valence-electron chi connectivity index (χ0n) is 8.79. The smallest absolute Gasteiger partial charge is 0.123 e. The van der Waals surface area contributed by atoms with Gasteiger partial charge in [0.1, 0.15) is 5.75 Å². The molecule has 0 amide bonds. The van der Waals surface area contributed by atoms with Crippen LogP contribution in [-0.2, 0) is 13.0 Å². The quantitative estimate of drug-likeness (QED) is 0.706. The number of hydrogen-bond acceptors (Lipinski definition) is 2. The van der Waals surface area contributed by atoms with Crippen molar-refractivity contribution in [3.05, 3.63) is 29.3 Å². The first kappa shape index (κ1) is 11.1. The summed E-state index contributed by atoms with van der Waals surface area (Å²) in [5.41, 5.74) is 7.39. The average molecular weight is 193 g/mol. The summed E-state index contributed by atoms with van der Waals surface area (Å²) in [6.07, 6.45) is 4.51. The van der Waals surface area contributed by atoms with E-state index in [0.29, 0.717) is 12.3 Å². The molecule has 0 heterocycles. The lowest BCUT2D eigenvalue weighted by Gasteiger charge is -2.07. The number of phenols is 1. The highest BCUT2D eigenvalue weighted by atomic mass is 16.3. The minimum atomic E-state index is 0.395. The third kappa shape index (κ3) is 2.74. The standard InChI is InChI=1S/C12H19NO/c1-2-3-4-6-10-7-5-8-11(9-13)12(10)14/h5,7-8,14H,2-4,6,9,13H2,1H3. The van der Waals surface area contributed by atoms with Gasteiger partial charge in [0.25, 0.3) is 0 Å². The molecule has 0 unspecified atom stereocenters. The second-order valence-electron chi connectivity index (χ2n) is 3.59. The number of benzene rings is 1. The van der Waals surface area contributed by atoms with E-state index in [1.165, 1.54) is 12.8 Å². The Balaban J connectivity index is 2.66. The van der Waals surface area contributed by atoms with Crippen LogP contribution >= 0.6 is 0 Å². The first-order valence-electron chi connectivity index (χ1n) is 5.29. The van der Waals surface area contributed by atoms with Crippen LogP contribution in [0.15, 0.2) is 18.2 Å². The van der Waals surface area contributed by atoms with Crippen LogP contribution < -0.4 is 5.73 Å². The maximum absolute atomic E-state index is 9.81. The first-order valence-corrected chi connectivity index (χ1v) is 5.29. The van der Waals surface area contributed by atoms with E-state index in [2.05, 4.69) is 6.92 Å². The zero-order valence-corrected chi connectivity index (χ0v) is 8.79. The monoisotopic (exact) mass is 193 g/mol. The molecular formula is C12H19NO. The van der Waals surface area contributed by atoms with Gasteiger partial charge in [0.05, 0.1) is 0 Å². The third-order valence-electron chi connectivity index (χ3n) is 2.47. The van der Waals surface area contributed by atoms with Crippen LogP contribution in [0, 0.1) is 0 Å². The van der Waals surface area contributed by atoms with Crippen LogP contribution in [-0.4, -0.2) is 5.11 Å². The van der Waals surface area contributed by atoms with Gasteiger partial charge in [-0.05, 0) is 18.4 Å². The van der Waals surface area contributed by atoms with Gasteiger partial charge < -0.3 is 10.8 Å². The van der Waals surface area contributed by atoms with Gasteiger partial charge >= 0.3 is 0 Å². The van der Waals surface area contributed by atoms with E-state index >= 15 is 0 Å². The van der Waals surface area contributed by atoms with Gasteiger partial charge in [0, 0.05) is 12.1 Å². The number of aromatic hydroxyl groups is 1. The summed E-state index contributed by atoms with van der Waals surface area (Å²) in [6, 6.07) is 5.81. The number of nitrogens with two attached hydrogens (primary N) is 1. The van der Waals surface area contributed by atoms with Gasteiger partial charge in [-0.25, -0.2) is 0 Å². The second-order valence-corrected chi connectivity index (χ2v) is 3.59. The molecule has 0 aliphatic heterocycles. The van der Waals surface area contributed by atoms with Crippen LogP contribution in [0.1, 0.15) is 37.3 Å². The molecule has 0 aliphatic carbocycles. The molecule has 0 bridgehead atoms. The van der Waals surface area contributed by atoms with Gasteiger partial charge in [-0.3, -0.25) is 0 Å². The SMILES string of the molecule is CCCCCc1cccc(CN)c1O. The Hall–Kier alpha value is -1.02. The molecule has 0 saturated heterocycles. The fraction of sp³-hybridized carbons (Fsp3) is 0.500. The molecule has 0 atom stereocenters. The van der Waals surface area contributed by atoms with E-state index in [1.807, 2.05) is 18.2 Å². The summed E-state index contributed by atoms with van der Waals surface area (Å²) in [5, 5.41) is 9.81. The summed E-state index contributed by atoms with van der Waals surface area (Å²) < 4.78 is 0. The number of para-hydroxylation sites is 1. The normalized spacial score (nSPS) is 10.4. The second kappa shape index (κ2) is 5.66. The van der Waals surface area contributed by atoms with Crippen LogP contribution in [0.2, 0.25) is 0 Å². The van der Waals surface area contributed by atoms with Crippen molar-refractivity contribution in [2.24, 2.45) is 5.73 Å². The zero-order chi connectivity index (χ0) is 10.4. The summed E-state index contributed by atoms with van der Waals surface area (Å²) in [6.45, 7) is 2.59. The topological polar surface area (TPSA) is 46.2 Å². The van der Waals surface area contributed by atoms with E-state index < -0.39 is 0 Å². The summed E-state index contributed by atoms with van der Waals surface area (Å²) >= 11 is 0. The van der Waals surface area contributed by atoms with Crippen molar-refractivity contribution in [2.75, 3.05) is 0 Å². The van der Waals surface area contributed by atoms with Crippen molar-refractivity contribution in [2.45, 2.75) is 39.2 Å². The Morgan fingerprint density at radius 3 is 2.57 bits per heavy atom. The van der Waals surface area contributed by atoms with E-state index in [0.717, 1.165) is 24.0 Å². The fourth-order valence-electron chi connectivity index (χ4n) is 1.58. The van der Waals surface area contributed by atoms with E-state index in [4.69, 9.17) is 5.73 Å². The maximum Gasteiger partial charge on any atom is 0.123 e. The van der Waals surface area contributed by atoms with Gasteiger partial charge in [-0.1, -0.05) is 38.0 Å². The largest absolute Gasteiger partial charge is 0.507 e. The molecule has 2 nitrogen and oxygen atoms in total. The molecule has 78 valence electrons. The minimum absolute atomic E-state index is 0.395. The molecule has 1 rings (SSSR count). The molecule has 14 heavy (non-hydrogen) atoms. The van der Waals surface area contributed by atoms with Crippen molar-refractivity contribution >= 4 is 0 Å². The van der Waals surface area contributed by atoms with Crippen molar-refractivity contribution in [3.63, 3.8) is 0 Å². The van der Waals surface area contributed by atoms with E-state index in [1.54, 1.807) is 0 Å². The molecule has 0 saturated carbocycles. The Bertz CT molecular complexity index is 284. The Labute approximate surface area is 85.8 Å². The van der Waals surface area contributed by atoms with Gasteiger partial charge in [-0.2, -0.15) is 0 Å². The minimum Gasteiger partial charge on any atom is -0.507 e. The molecule has 3 N–H and O–H groups in total. The van der Waals surface area contributed by atoms with E-state index in [9.17, 15) is 5.11 Å². The highest BCUT2D eigenvalue weighted by Crippen LogP contribution is 2.23. The molecule has 1 aromatic carbocycles. The Morgan fingerprint density at radius 1 is 1.21 bits per heavy atom. The van der Waals surface area contributed by atoms with Crippen molar-refractivity contribution in [3.8, 4) is 5.75 Å². The van der Waals surface area contributed by atoms with Crippen LogP contribution in [0.3, 0.4) is 0 Å². The highest BCUT2D eigenvalue weighted by Gasteiger charge is 2.04. The molecule has 0 aliphatic rings. The highest BCUT2D eigenvalue weighted by molar-refractivity contribution is 5.40. The average Bonchev–Trinajstić information content (AvgIpc) is 2.21.